The average Bonchev–Trinajstić information content (AvgIpc) is 2.87. The van der Waals surface area contributed by atoms with Crippen molar-refractivity contribution in [2.24, 2.45) is 0 Å². The summed E-state index contributed by atoms with van der Waals surface area (Å²) in [7, 11) is 4.04. The van der Waals surface area contributed by atoms with E-state index in [0.717, 1.165) is 30.8 Å². The van der Waals surface area contributed by atoms with Crippen molar-refractivity contribution in [1.82, 2.24) is 10.2 Å². The van der Waals surface area contributed by atoms with Crippen LogP contribution in [-0.2, 0) is 6.54 Å². The molecule has 0 radical (unpaired) electrons. The molecule has 1 unspecified atom stereocenters. The highest BCUT2D eigenvalue weighted by Gasteiger charge is 2.11. The monoisotopic (exact) mass is 290 g/mol. The number of rotatable bonds is 7. The average molecular weight is 290 g/mol. The molecule has 0 saturated heterocycles. The molecule has 0 spiro atoms. The second kappa shape index (κ2) is 7.38. The van der Waals surface area contributed by atoms with E-state index in [1.54, 1.807) is 6.26 Å². The lowest BCUT2D eigenvalue weighted by atomic mass is 10.0. The Labute approximate surface area is 125 Å². The Bertz CT molecular complexity index is 550. The van der Waals surface area contributed by atoms with Crippen molar-refractivity contribution in [3.63, 3.8) is 0 Å². The maximum atomic E-state index is 13.0. The van der Waals surface area contributed by atoms with E-state index in [4.69, 9.17) is 4.42 Å². The highest BCUT2D eigenvalue weighted by atomic mass is 19.1. The van der Waals surface area contributed by atoms with Crippen LogP contribution in [0, 0.1) is 12.7 Å². The normalized spacial score (nSPS) is 12.8. The minimum Gasteiger partial charge on any atom is -0.469 e. The molecule has 0 aliphatic heterocycles. The Morgan fingerprint density at radius 3 is 2.52 bits per heavy atom. The molecule has 0 fully saturated rings. The van der Waals surface area contributed by atoms with Gasteiger partial charge in [-0.25, -0.2) is 4.39 Å². The number of aryl methyl sites for hydroxylation is 1. The standard InChI is InChI=1S/C17H23FN2O/c1-13-15(9-11-21-13)12-20(3)10-8-17(19-2)14-4-6-16(18)7-5-14/h4-7,9,11,17,19H,8,10,12H2,1-3H3. The van der Waals surface area contributed by atoms with E-state index in [-0.39, 0.29) is 11.9 Å². The number of nitrogens with one attached hydrogen (secondary N) is 1. The lowest BCUT2D eigenvalue weighted by Crippen LogP contribution is -2.25. The van der Waals surface area contributed by atoms with E-state index in [9.17, 15) is 4.39 Å². The number of halogens is 1. The van der Waals surface area contributed by atoms with Crippen molar-refractivity contribution < 1.29 is 8.81 Å². The molecule has 1 aromatic heterocycles. The SMILES string of the molecule is CNC(CCN(C)Cc1ccoc1C)c1ccc(F)cc1. The predicted molar refractivity (Wildman–Crippen MR) is 82.6 cm³/mol. The number of hydrogen-bond acceptors (Lipinski definition) is 3. The van der Waals surface area contributed by atoms with Crippen LogP contribution in [-0.4, -0.2) is 25.5 Å². The first-order valence-electron chi connectivity index (χ1n) is 7.24. The Morgan fingerprint density at radius 2 is 1.95 bits per heavy atom. The van der Waals surface area contributed by atoms with Gasteiger partial charge in [-0.05, 0) is 57.7 Å². The summed E-state index contributed by atoms with van der Waals surface area (Å²) in [6, 6.07) is 8.96. The van der Waals surface area contributed by atoms with Gasteiger partial charge in [0.05, 0.1) is 6.26 Å². The van der Waals surface area contributed by atoms with Crippen molar-refractivity contribution in [3.05, 3.63) is 59.3 Å². The fourth-order valence-electron chi connectivity index (χ4n) is 2.47. The summed E-state index contributed by atoms with van der Waals surface area (Å²) < 4.78 is 18.3. The zero-order valence-corrected chi connectivity index (χ0v) is 12.9. The van der Waals surface area contributed by atoms with Crippen LogP contribution in [0.25, 0.3) is 0 Å². The first kappa shape index (κ1) is 15.7. The maximum Gasteiger partial charge on any atom is 0.123 e. The lowest BCUT2D eigenvalue weighted by molar-refractivity contribution is 0.302. The zero-order chi connectivity index (χ0) is 15.2. The number of benzene rings is 1. The minimum atomic E-state index is -0.193. The molecule has 1 aromatic carbocycles. The summed E-state index contributed by atoms with van der Waals surface area (Å²) in [5, 5.41) is 3.30. The zero-order valence-electron chi connectivity index (χ0n) is 12.9. The van der Waals surface area contributed by atoms with Crippen molar-refractivity contribution in [2.45, 2.75) is 25.9 Å². The third-order valence-electron chi connectivity index (χ3n) is 3.83. The lowest BCUT2D eigenvalue weighted by Gasteiger charge is -2.21. The topological polar surface area (TPSA) is 28.4 Å². The first-order chi connectivity index (χ1) is 10.1. The number of nitrogens with zero attached hydrogens (tertiary/aromatic N) is 1. The number of hydrogen-bond donors (Lipinski definition) is 1. The van der Waals surface area contributed by atoms with Crippen LogP contribution >= 0.6 is 0 Å². The van der Waals surface area contributed by atoms with E-state index in [0.29, 0.717) is 0 Å². The molecule has 3 nitrogen and oxygen atoms in total. The van der Waals surface area contributed by atoms with Crippen molar-refractivity contribution in [2.75, 3.05) is 20.6 Å². The van der Waals surface area contributed by atoms with Gasteiger partial charge in [0.2, 0.25) is 0 Å². The molecular weight excluding hydrogens is 267 g/mol. The summed E-state index contributed by atoms with van der Waals surface area (Å²) in [6.45, 7) is 3.81. The van der Waals surface area contributed by atoms with Crippen molar-refractivity contribution in [1.29, 1.82) is 0 Å². The largest absolute Gasteiger partial charge is 0.469 e. The van der Waals surface area contributed by atoms with E-state index < -0.39 is 0 Å². The van der Waals surface area contributed by atoms with E-state index in [1.807, 2.05) is 32.2 Å². The highest BCUT2D eigenvalue weighted by Crippen LogP contribution is 2.18. The van der Waals surface area contributed by atoms with Crippen LogP contribution in [0.2, 0.25) is 0 Å². The van der Waals surface area contributed by atoms with Gasteiger partial charge < -0.3 is 14.6 Å². The molecule has 0 aliphatic carbocycles. The smallest absolute Gasteiger partial charge is 0.123 e. The van der Waals surface area contributed by atoms with Gasteiger partial charge in [-0.15, -0.1) is 0 Å². The third-order valence-corrected chi connectivity index (χ3v) is 3.83. The maximum absolute atomic E-state index is 13.0. The highest BCUT2D eigenvalue weighted by molar-refractivity contribution is 5.20. The van der Waals surface area contributed by atoms with E-state index in [2.05, 4.69) is 17.3 Å². The van der Waals surface area contributed by atoms with Crippen LogP contribution in [0.3, 0.4) is 0 Å². The van der Waals surface area contributed by atoms with Gasteiger partial charge in [0, 0.05) is 18.2 Å². The van der Waals surface area contributed by atoms with Crippen LogP contribution < -0.4 is 5.32 Å². The van der Waals surface area contributed by atoms with Gasteiger partial charge in [-0.3, -0.25) is 0 Å². The van der Waals surface area contributed by atoms with Gasteiger partial charge in [-0.1, -0.05) is 12.1 Å². The molecule has 2 aromatic rings. The van der Waals surface area contributed by atoms with Gasteiger partial charge in [-0.2, -0.15) is 0 Å². The summed E-state index contributed by atoms with van der Waals surface area (Å²) in [4.78, 5) is 2.27. The summed E-state index contributed by atoms with van der Waals surface area (Å²) in [6.07, 6.45) is 2.70. The quantitative estimate of drug-likeness (QED) is 0.846. The predicted octanol–water partition coefficient (Wildman–Crippen LogP) is 3.51. The van der Waals surface area contributed by atoms with Crippen molar-refractivity contribution >= 4 is 0 Å². The molecule has 21 heavy (non-hydrogen) atoms. The fourth-order valence-corrected chi connectivity index (χ4v) is 2.47. The molecule has 1 N–H and O–H groups in total. The van der Waals surface area contributed by atoms with Gasteiger partial charge in [0.15, 0.2) is 0 Å². The molecule has 114 valence electrons. The van der Waals surface area contributed by atoms with Gasteiger partial charge >= 0.3 is 0 Å². The molecule has 1 heterocycles. The molecular formula is C17H23FN2O. The summed E-state index contributed by atoms with van der Waals surface area (Å²) >= 11 is 0. The van der Waals surface area contributed by atoms with Crippen molar-refractivity contribution in [3.8, 4) is 0 Å². The van der Waals surface area contributed by atoms with Crippen LogP contribution in [0.1, 0.15) is 29.3 Å². The van der Waals surface area contributed by atoms with E-state index in [1.165, 1.54) is 17.7 Å². The van der Waals surface area contributed by atoms with E-state index >= 15 is 0 Å². The third kappa shape index (κ3) is 4.41. The Hall–Kier alpha value is -1.65. The van der Waals surface area contributed by atoms with Gasteiger partial charge in [0.25, 0.3) is 0 Å². The summed E-state index contributed by atoms with van der Waals surface area (Å²) in [5.41, 5.74) is 2.34. The minimum absolute atomic E-state index is 0.193. The summed E-state index contributed by atoms with van der Waals surface area (Å²) in [5.74, 6) is 0.784. The Morgan fingerprint density at radius 1 is 1.24 bits per heavy atom. The number of furan rings is 1. The van der Waals surface area contributed by atoms with Crippen LogP contribution in [0.4, 0.5) is 4.39 Å². The second-order valence-electron chi connectivity index (χ2n) is 5.42. The molecule has 2 rings (SSSR count). The second-order valence-corrected chi connectivity index (χ2v) is 5.42. The molecule has 0 amide bonds. The fraction of sp³-hybridized carbons (Fsp3) is 0.412. The van der Waals surface area contributed by atoms with Crippen LogP contribution in [0.5, 0.6) is 0 Å². The molecule has 0 bridgehead atoms. The molecule has 1 atom stereocenters. The molecule has 4 heteroatoms. The molecule has 0 saturated carbocycles. The first-order valence-corrected chi connectivity index (χ1v) is 7.24. The van der Waals surface area contributed by atoms with Gasteiger partial charge in [0.1, 0.15) is 11.6 Å². The van der Waals surface area contributed by atoms with Crippen LogP contribution in [0.15, 0.2) is 41.0 Å². The molecule has 0 aliphatic rings. The Kier molecular flexibility index (Phi) is 5.53. The Balaban J connectivity index is 1.88.